The van der Waals surface area contributed by atoms with Crippen LogP contribution in [-0.4, -0.2) is 97.5 Å². The van der Waals surface area contributed by atoms with Gasteiger partial charge in [0.25, 0.3) is 0 Å². The van der Waals surface area contributed by atoms with E-state index in [4.69, 9.17) is 0 Å². The number of nitrogens with zero attached hydrogens (tertiary/aromatic N) is 4. The molecule has 3 saturated heterocycles. The lowest BCUT2D eigenvalue weighted by Crippen LogP contribution is -2.56. The fraction of sp³-hybridized carbons (Fsp3) is 0.938. The molecule has 0 spiro atoms. The van der Waals surface area contributed by atoms with Gasteiger partial charge in [0, 0.05) is 57.9 Å². The average Bonchev–Trinajstić information content (AvgIpc) is 2.56. The van der Waals surface area contributed by atoms with Gasteiger partial charge >= 0.3 is 0 Å². The summed E-state index contributed by atoms with van der Waals surface area (Å²) >= 11 is 0. The van der Waals surface area contributed by atoms with Gasteiger partial charge in [-0.25, -0.2) is 0 Å². The molecule has 0 N–H and O–H groups in total. The maximum Gasteiger partial charge on any atom is 0.209 e. The summed E-state index contributed by atoms with van der Waals surface area (Å²) in [4.78, 5) is 20.6. The Morgan fingerprint density at radius 3 is 2.19 bits per heavy atom. The topological polar surface area (TPSA) is 30.0 Å². The van der Waals surface area contributed by atoms with Crippen molar-refractivity contribution in [1.29, 1.82) is 0 Å². The van der Waals surface area contributed by atoms with Crippen molar-refractivity contribution in [3.8, 4) is 0 Å². The minimum Gasteiger partial charge on any atom is -0.345 e. The van der Waals surface area contributed by atoms with Crippen molar-refractivity contribution in [2.24, 2.45) is 0 Å². The number of piperazine rings is 1. The minimum atomic E-state index is 0.705. The maximum atomic E-state index is 10.8. The number of amides is 1. The van der Waals surface area contributed by atoms with Gasteiger partial charge in [-0.15, -0.1) is 0 Å². The maximum absolute atomic E-state index is 10.8. The zero-order chi connectivity index (χ0) is 14.7. The highest BCUT2D eigenvalue weighted by molar-refractivity contribution is 5.47. The van der Waals surface area contributed by atoms with E-state index in [-0.39, 0.29) is 0 Å². The fourth-order valence-corrected chi connectivity index (χ4v) is 4.16. The molecule has 1 atom stereocenters. The number of rotatable bonds is 3. The van der Waals surface area contributed by atoms with Crippen LogP contribution in [0.25, 0.3) is 0 Å². The summed E-state index contributed by atoms with van der Waals surface area (Å²) in [6.07, 6.45) is 6.04. The van der Waals surface area contributed by atoms with Crippen molar-refractivity contribution < 1.29 is 4.79 Å². The van der Waals surface area contributed by atoms with E-state index in [1.807, 2.05) is 4.90 Å². The summed E-state index contributed by atoms with van der Waals surface area (Å²) in [5.74, 6) is 0. The molecule has 0 aromatic heterocycles. The molecule has 1 amide bonds. The molecule has 0 aromatic carbocycles. The quantitative estimate of drug-likeness (QED) is 0.701. The van der Waals surface area contributed by atoms with Crippen LogP contribution in [0.15, 0.2) is 0 Å². The van der Waals surface area contributed by atoms with Gasteiger partial charge < -0.3 is 9.80 Å². The van der Waals surface area contributed by atoms with Crippen molar-refractivity contribution in [2.45, 2.75) is 37.8 Å². The monoisotopic (exact) mass is 294 g/mol. The van der Waals surface area contributed by atoms with Crippen LogP contribution >= 0.6 is 0 Å². The summed E-state index contributed by atoms with van der Waals surface area (Å²) in [5, 5.41) is 0. The molecule has 1 unspecified atom stereocenters. The van der Waals surface area contributed by atoms with E-state index in [0.29, 0.717) is 6.04 Å². The average molecular weight is 294 g/mol. The van der Waals surface area contributed by atoms with Crippen molar-refractivity contribution in [3.05, 3.63) is 0 Å². The molecule has 5 heteroatoms. The third-order valence-corrected chi connectivity index (χ3v) is 5.65. The van der Waals surface area contributed by atoms with E-state index in [2.05, 4.69) is 21.7 Å². The highest BCUT2D eigenvalue weighted by atomic mass is 16.1. The molecule has 21 heavy (non-hydrogen) atoms. The minimum absolute atomic E-state index is 0.705. The first-order chi connectivity index (χ1) is 10.3. The van der Waals surface area contributed by atoms with E-state index in [9.17, 15) is 4.79 Å². The van der Waals surface area contributed by atoms with Gasteiger partial charge in [-0.2, -0.15) is 0 Å². The number of hydrogen-bond donors (Lipinski definition) is 0. The van der Waals surface area contributed by atoms with Gasteiger partial charge in [0.2, 0.25) is 6.41 Å². The van der Waals surface area contributed by atoms with Crippen LogP contribution in [0.2, 0.25) is 0 Å². The summed E-state index contributed by atoms with van der Waals surface area (Å²) < 4.78 is 0. The zero-order valence-corrected chi connectivity index (χ0v) is 13.4. The Kier molecular flexibility index (Phi) is 5.14. The highest BCUT2D eigenvalue weighted by Gasteiger charge is 2.31. The molecule has 120 valence electrons. The van der Waals surface area contributed by atoms with Gasteiger partial charge in [-0.1, -0.05) is 0 Å². The number of carbonyl (C=O) groups is 1. The third kappa shape index (κ3) is 3.76. The Morgan fingerprint density at radius 2 is 1.52 bits per heavy atom. The lowest BCUT2D eigenvalue weighted by molar-refractivity contribution is -0.119. The van der Waals surface area contributed by atoms with E-state index >= 15 is 0 Å². The molecule has 3 rings (SSSR count). The Hall–Kier alpha value is -0.650. The Morgan fingerprint density at radius 1 is 0.810 bits per heavy atom. The normalized spacial score (nSPS) is 31.5. The number of likely N-dealkylation sites (tertiary alicyclic amines) is 2. The molecular formula is C16H30N4O. The Balaban J connectivity index is 1.50. The number of carbonyl (C=O) groups excluding carboxylic acids is 1. The molecule has 0 aliphatic carbocycles. The van der Waals surface area contributed by atoms with Crippen molar-refractivity contribution in [3.63, 3.8) is 0 Å². The Labute approximate surface area is 128 Å². The van der Waals surface area contributed by atoms with Crippen molar-refractivity contribution in [1.82, 2.24) is 19.6 Å². The van der Waals surface area contributed by atoms with Gasteiger partial charge in [-0.05, 0) is 39.3 Å². The van der Waals surface area contributed by atoms with E-state index in [1.165, 1.54) is 52.1 Å². The molecule has 0 bridgehead atoms. The van der Waals surface area contributed by atoms with Gasteiger partial charge in [0.1, 0.15) is 0 Å². The second-order valence-electron chi connectivity index (χ2n) is 7.00. The molecule has 0 radical (unpaired) electrons. The smallest absolute Gasteiger partial charge is 0.209 e. The molecular weight excluding hydrogens is 264 g/mol. The number of piperidine rings is 2. The van der Waals surface area contributed by atoms with Crippen LogP contribution in [0.1, 0.15) is 25.7 Å². The SMILES string of the molecule is CN1CCN(C2CCCN(C3CCN(C=O)CC3)C2)CC1. The summed E-state index contributed by atoms with van der Waals surface area (Å²) in [7, 11) is 2.23. The second-order valence-corrected chi connectivity index (χ2v) is 7.00. The van der Waals surface area contributed by atoms with Crippen LogP contribution in [0.4, 0.5) is 0 Å². The van der Waals surface area contributed by atoms with Crippen molar-refractivity contribution in [2.75, 3.05) is 59.4 Å². The predicted octanol–water partition coefficient (Wildman–Crippen LogP) is 0.319. The molecule has 3 aliphatic heterocycles. The largest absolute Gasteiger partial charge is 0.345 e. The first-order valence-electron chi connectivity index (χ1n) is 8.62. The lowest BCUT2D eigenvalue weighted by Gasteiger charge is -2.46. The van der Waals surface area contributed by atoms with Crippen molar-refractivity contribution >= 4 is 6.41 Å². The molecule has 0 saturated carbocycles. The second kappa shape index (κ2) is 7.07. The van der Waals surface area contributed by atoms with Crippen LogP contribution in [0.5, 0.6) is 0 Å². The van der Waals surface area contributed by atoms with E-state index < -0.39 is 0 Å². The first-order valence-corrected chi connectivity index (χ1v) is 8.62. The van der Waals surface area contributed by atoms with Crippen LogP contribution in [0.3, 0.4) is 0 Å². The molecule has 3 aliphatic rings. The predicted molar refractivity (Wildman–Crippen MR) is 84.3 cm³/mol. The first kappa shape index (κ1) is 15.3. The summed E-state index contributed by atoms with van der Waals surface area (Å²) in [6, 6.07) is 1.47. The summed E-state index contributed by atoms with van der Waals surface area (Å²) in [5.41, 5.74) is 0. The van der Waals surface area contributed by atoms with Crippen LogP contribution in [0, 0.1) is 0 Å². The highest BCUT2D eigenvalue weighted by Crippen LogP contribution is 2.23. The lowest BCUT2D eigenvalue weighted by atomic mass is 9.97. The third-order valence-electron chi connectivity index (χ3n) is 5.65. The molecule has 3 heterocycles. The number of hydrogen-bond acceptors (Lipinski definition) is 4. The fourth-order valence-electron chi connectivity index (χ4n) is 4.16. The van der Waals surface area contributed by atoms with Gasteiger partial charge in [-0.3, -0.25) is 14.6 Å². The molecule has 0 aromatic rings. The van der Waals surface area contributed by atoms with Crippen LogP contribution < -0.4 is 0 Å². The zero-order valence-electron chi connectivity index (χ0n) is 13.4. The Bertz CT molecular complexity index is 335. The summed E-state index contributed by atoms with van der Waals surface area (Å²) in [6.45, 7) is 9.30. The number of likely N-dealkylation sites (N-methyl/N-ethyl adjacent to an activating group) is 1. The standard InChI is InChI=1S/C16H30N4O/c1-17-9-11-19(12-10-17)16-3-2-6-20(13-16)15-4-7-18(14-21)8-5-15/h14-16H,2-13H2,1H3. The van der Waals surface area contributed by atoms with Crippen LogP contribution in [-0.2, 0) is 4.79 Å². The molecule has 3 fully saturated rings. The van der Waals surface area contributed by atoms with E-state index in [1.54, 1.807) is 0 Å². The molecule has 5 nitrogen and oxygen atoms in total. The van der Waals surface area contributed by atoms with E-state index in [0.717, 1.165) is 38.4 Å². The van der Waals surface area contributed by atoms with Gasteiger partial charge in [0.05, 0.1) is 0 Å². The van der Waals surface area contributed by atoms with Gasteiger partial charge in [0.15, 0.2) is 0 Å².